The Labute approximate surface area is 220 Å². The molecule has 2 aromatic heterocycles. The third kappa shape index (κ3) is 4.73. The minimum atomic E-state index is -0.369. The van der Waals surface area contributed by atoms with Crippen LogP contribution >= 0.6 is 0 Å². The molecule has 4 aromatic rings. The number of piperazine rings is 1. The van der Waals surface area contributed by atoms with E-state index in [1.165, 1.54) is 16.3 Å². The molecule has 8 heteroatoms. The molecule has 6 rings (SSSR count). The second kappa shape index (κ2) is 9.92. The summed E-state index contributed by atoms with van der Waals surface area (Å²) < 4.78 is 16.5. The Morgan fingerprint density at radius 1 is 1.11 bits per heavy atom. The molecule has 1 aliphatic heterocycles. The lowest BCUT2D eigenvalue weighted by molar-refractivity contribution is 0.313. The number of hydrogen-bond donors (Lipinski definition) is 1. The molecule has 0 unspecified atom stereocenters. The van der Waals surface area contributed by atoms with Crippen molar-refractivity contribution in [3.05, 3.63) is 87.6 Å². The number of nitrogens with one attached hydrogen (secondary N) is 1. The predicted octanol–water partition coefficient (Wildman–Crippen LogP) is 4.33. The number of benzene rings is 2. The molecule has 0 amide bonds. The Balaban J connectivity index is 1.33. The summed E-state index contributed by atoms with van der Waals surface area (Å²) in [4.78, 5) is 27.1. The number of pyridine rings is 1. The van der Waals surface area contributed by atoms with Crippen LogP contribution in [0.15, 0.2) is 59.5 Å². The molecule has 7 nitrogen and oxygen atoms in total. The highest BCUT2D eigenvalue weighted by molar-refractivity contribution is 5.77. The number of halogens is 1. The topological polar surface area (TPSA) is 66.3 Å². The molecule has 192 valence electrons. The number of terminal acetylenes is 1. The number of likely N-dealkylation sites (N-methyl/N-ethyl adjacent to an activating group) is 1. The maximum atomic E-state index is 15.0. The molecule has 1 saturated heterocycles. The van der Waals surface area contributed by atoms with Crippen LogP contribution in [0.3, 0.4) is 0 Å². The summed E-state index contributed by atoms with van der Waals surface area (Å²) in [7, 11) is 2.14. The maximum Gasteiger partial charge on any atom is 0.268 e. The van der Waals surface area contributed by atoms with Crippen LogP contribution in [-0.4, -0.2) is 52.7 Å². The first-order valence-corrected chi connectivity index (χ1v) is 13.0. The molecular formula is C30H29FN6O. The standard InChI is InChI=1S/C30H29FN6O/c1-3-20-17-22-18-32-30(33-23-9-11-24(12-10-23)36-15-13-35(2)14-16-36)34-28(22)37(29(20)38)19-26-25(21-7-8-21)5-4-6-27(26)31/h1,4-6,9-12,17-18,21H,7-8,13-16,19H2,2H3,(H,32,33,34). The average Bonchev–Trinajstić information content (AvgIpc) is 3.77. The van der Waals surface area contributed by atoms with Crippen LogP contribution in [0.4, 0.5) is 21.7 Å². The summed E-state index contributed by atoms with van der Waals surface area (Å²) >= 11 is 0. The first-order valence-electron chi connectivity index (χ1n) is 13.0. The Morgan fingerprint density at radius 2 is 1.87 bits per heavy atom. The monoisotopic (exact) mass is 508 g/mol. The lowest BCUT2D eigenvalue weighted by Crippen LogP contribution is -2.44. The summed E-state index contributed by atoms with van der Waals surface area (Å²) in [6, 6.07) is 14.9. The SMILES string of the molecule is C#Cc1cc2cnc(Nc3ccc(N4CCN(C)CC4)cc3)nc2n(Cc2c(F)cccc2C2CC2)c1=O. The molecule has 2 aliphatic rings. The van der Waals surface area contributed by atoms with Gasteiger partial charge in [-0.05, 0) is 67.8 Å². The van der Waals surface area contributed by atoms with E-state index in [1.807, 2.05) is 18.2 Å². The van der Waals surface area contributed by atoms with Gasteiger partial charge in [0.15, 0.2) is 0 Å². The van der Waals surface area contributed by atoms with Gasteiger partial charge in [0.2, 0.25) is 5.95 Å². The molecule has 2 fully saturated rings. The highest BCUT2D eigenvalue weighted by atomic mass is 19.1. The summed E-state index contributed by atoms with van der Waals surface area (Å²) in [5.41, 5.74) is 3.71. The van der Waals surface area contributed by atoms with Crippen molar-refractivity contribution < 1.29 is 4.39 Å². The van der Waals surface area contributed by atoms with Gasteiger partial charge in [-0.25, -0.2) is 9.37 Å². The smallest absolute Gasteiger partial charge is 0.268 e. The number of fused-ring (bicyclic) bond motifs is 1. The zero-order valence-electron chi connectivity index (χ0n) is 21.3. The second-order valence-electron chi connectivity index (χ2n) is 10.1. The predicted molar refractivity (Wildman–Crippen MR) is 149 cm³/mol. The van der Waals surface area contributed by atoms with Gasteiger partial charge in [-0.1, -0.05) is 18.1 Å². The van der Waals surface area contributed by atoms with Gasteiger partial charge in [-0.15, -0.1) is 6.42 Å². The molecule has 1 N–H and O–H groups in total. The van der Waals surface area contributed by atoms with E-state index >= 15 is 0 Å². The van der Waals surface area contributed by atoms with Crippen LogP contribution in [0.2, 0.25) is 0 Å². The molecule has 1 saturated carbocycles. The van der Waals surface area contributed by atoms with Crippen LogP contribution in [0, 0.1) is 18.2 Å². The van der Waals surface area contributed by atoms with Gasteiger partial charge in [0, 0.05) is 54.7 Å². The fourth-order valence-electron chi connectivity index (χ4n) is 5.10. The van der Waals surface area contributed by atoms with E-state index in [2.05, 4.69) is 50.2 Å². The van der Waals surface area contributed by atoms with Crippen molar-refractivity contribution >= 4 is 28.4 Å². The second-order valence-corrected chi connectivity index (χ2v) is 10.1. The van der Waals surface area contributed by atoms with Crippen molar-refractivity contribution in [1.29, 1.82) is 0 Å². The Hall–Kier alpha value is -4.22. The summed E-state index contributed by atoms with van der Waals surface area (Å²) in [6.45, 7) is 4.14. The lowest BCUT2D eigenvalue weighted by Gasteiger charge is -2.34. The number of hydrogen-bond acceptors (Lipinski definition) is 6. The largest absolute Gasteiger partial charge is 0.369 e. The van der Waals surface area contributed by atoms with Crippen molar-refractivity contribution in [3.63, 3.8) is 0 Å². The van der Waals surface area contributed by atoms with Crippen LogP contribution in [-0.2, 0) is 6.54 Å². The van der Waals surface area contributed by atoms with Crippen LogP contribution in [0.1, 0.15) is 35.4 Å². The normalized spacial score (nSPS) is 16.0. The highest BCUT2D eigenvalue weighted by Crippen LogP contribution is 2.42. The van der Waals surface area contributed by atoms with Gasteiger partial charge >= 0.3 is 0 Å². The Bertz CT molecular complexity index is 1590. The molecule has 38 heavy (non-hydrogen) atoms. The molecule has 0 radical (unpaired) electrons. The first-order chi connectivity index (χ1) is 18.5. The minimum Gasteiger partial charge on any atom is -0.369 e. The van der Waals surface area contributed by atoms with Crippen LogP contribution in [0.25, 0.3) is 11.0 Å². The zero-order valence-corrected chi connectivity index (χ0v) is 21.3. The first kappa shape index (κ1) is 24.1. The molecule has 3 heterocycles. The van der Waals surface area contributed by atoms with E-state index in [1.54, 1.807) is 18.3 Å². The summed E-state index contributed by atoms with van der Waals surface area (Å²) in [5.74, 6) is 2.82. The zero-order chi connectivity index (χ0) is 26.2. The van der Waals surface area contributed by atoms with Gasteiger partial charge in [-0.3, -0.25) is 9.36 Å². The maximum absolute atomic E-state index is 15.0. The van der Waals surface area contributed by atoms with Crippen molar-refractivity contribution in [1.82, 2.24) is 19.4 Å². The average molecular weight is 509 g/mol. The molecule has 1 aliphatic carbocycles. The van der Waals surface area contributed by atoms with Crippen LogP contribution in [0.5, 0.6) is 0 Å². The van der Waals surface area contributed by atoms with Gasteiger partial charge in [0.1, 0.15) is 11.5 Å². The van der Waals surface area contributed by atoms with Gasteiger partial charge < -0.3 is 15.1 Å². The van der Waals surface area contributed by atoms with Crippen molar-refractivity contribution in [2.45, 2.75) is 25.3 Å². The van der Waals surface area contributed by atoms with Crippen molar-refractivity contribution in [2.75, 3.05) is 43.4 Å². The molecular weight excluding hydrogens is 479 g/mol. The fourth-order valence-corrected chi connectivity index (χ4v) is 5.10. The van der Waals surface area contributed by atoms with Gasteiger partial charge in [-0.2, -0.15) is 4.98 Å². The third-order valence-corrected chi connectivity index (χ3v) is 7.46. The van der Waals surface area contributed by atoms with E-state index in [9.17, 15) is 9.18 Å². The number of nitrogens with zero attached hydrogens (tertiary/aromatic N) is 5. The van der Waals surface area contributed by atoms with E-state index in [0.717, 1.165) is 50.3 Å². The third-order valence-electron chi connectivity index (χ3n) is 7.46. The number of rotatable bonds is 6. The van der Waals surface area contributed by atoms with Crippen LogP contribution < -0.4 is 15.8 Å². The lowest BCUT2D eigenvalue weighted by atomic mass is 10.0. The quantitative estimate of drug-likeness (QED) is 0.391. The van der Waals surface area contributed by atoms with E-state index in [4.69, 9.17) is 6.42 Å². The Morgan fingerprint density at radius 3 is 2.58 bits per heavy atom. The summed E-state index contributed by atoms with van der Waals surface area (Å²) in [5, 5.41) is 3.87. The van der Waals surface area contributed by atoms with Crippen molar-refractivity contribution in [3.8, 4) is 12.3 Å². The van der Waals surface area contributed by atoms with E-state index in [0.29, 0.717) is 28.5 Å². The number of anilines is 3. The summed E-state index contributed by atoms with van der Waals surface area (Å²) in [6.07, 6.45) is 9.33. The molecule has 0 bridgehead atoms. The molecule has 0 atom stereocenters. The van der Waals surface area contributed by atoms with E-state index in [-0.39, 0.29) is 23.5 Å². The highest BCUT2D eigenvalue weighted by Gasteiger charge is 2.28. The molecule has 0 spiro atoms. The van der Waals surface area contributed by atoms with Gasteiger partial charge in [0.25, 0.3) is 5.56 Å². The Kier molecular flexibility index (Phi) is 6.30. The minimum absolute atomic E-state index is 0.0551. The van der Waals surface area contributed by atoms with Crippen molar-refractivity contribution in [2.24, 2.45) is 0 Å². The van der Waals surface area contributed by atoms with Gasteiger partial charge in [0.05, 0.1) is 12.1 Å². The van der Waals surface area contributed by atoms with E-state index < -0.39 is 0 Å². The number of aromatic nitrogens is 3. The molecule has 2 aromatic carbocycles. The fraction of sp³-hybridized carbons (Fsp3) is 0.300.